The largest absolute Gasteiger partial charge is 0.387 e. The fourth-order valence-electron chi connectivity index (χ4n) is 4.04. The Hall–Kier alpha value is -2.70. The summed E-state index contributed by atoms with van der Waals surface area (Å²) in [4.78, 5) is 29.1. The first-order valence-corrected chi connectivity index (χ1v) is 10.0. The number of urea groups is 1. The van der Waals surface area contributed by atoms with Gasteiger partial charge >= 0.3 is 6.03 Å². The molecule has 3 rings (SSSR count). The molecular weight excluding hydrogens is 368 g/mol. The van der Waals surface area contributed by atoms with Crippen molar-refractivity contribution in [3.05, 3.63) is 71.8 Å². The van der Waals surface area contributed by atoms with Crippen molar-refractivity contribution in [3.63, 3.8) is 0 Å². The highest BCUT2D eigenvalue weighted by atomic mass is 16.3. The van der Waals surface area contributed by atoms with Crippen LogP contribution in [0.3, 0.4) is 0 Å². The third-order valence-electron chi connectivity index (χ3n) is 5.87. The van der Waals surface area contributed by atoms with E-state index >= 15 is 0 Å². The molecule has 0 bridgehead atoms. The van der Waals surface area contributed by atoms with Crippen molar-refractivity contribution >= 4 is 11.9 Å². The van der Waals surface area contributed by atoms with E-state index in [2.05, 4.69) is 0 Å². The second-order valence-electron chi connectivity index (χ2n) is 7.40. The molecule has 6 nitrogen and oxygen atoms in total. The molecule has 0 saturated carbocycles. The molecule has 0 aromatic heterocycles. The minimum atomic E-state index is -1.01. The van der Waals surface area contributed by atoms with Crippen molar-refractivity contribution in [2.45, 2.75) is 44.4 Å². The van der Waals surface area contributed by atoms with Gasteiger partial charge in [-0.1, -0.05) is 74.5 Å². The monoisotopic (exact) mass is 396 g/mol. The first kappa shape index (κ1) is 21.0. The first-order valence-electron chi connectivity index (χ1n) is 10.0. The maximum absolute atomic E-state index is 13.3. The highest BCUT2D eigenvalue weighted by molar-refractivity contribution is 6.07. The van der Waals surface area contributed by atoms with Gasteiger partial charge in [-0.3, -0.25) is 9.69 Å². The average Bonchev–Trinajstić information content (AvgIpc) is 2.96. The molecule has 1 aliphatic rings. The van der Waals surface area contributed by atoms with Crippen molar-refractivity contribution in [1.82, 2.24) is 9.80 Å². The van der Waals surface area contributed by atoms with Gasteiger partial charge in [-0.15, -0.1) is 0 Å². The quantitative estimate of drug-likeness (QED) is 0.671. The fourth-order valence-corrected chi connectivity index (χ4v) is 4.04. The first-order chi connectivity index (χ1) is 13.9. The number of amides is 3. The van der Waals surface area contributed by atoms with Gasteiger partial charge in [-0.2, -0.15) is 0 Å². The molecule has 6 heteroatoms. The summed E-state index contributed by atoms with van der Waals surface area (Å²) in [7, 11) is 0. The number of carbonyl (C=O) groups is 2. The van der Waals surface area contributed by atoms with E-state index in [1.165, 1.54) is 4.90 Å². The van der Waals surface area contributed by atoms with Gasteiger partial charge < -0.3 is 15.1 Å². The SMILES string of the molecule is CCC1(CC)C(=O)N(CC(O)c2ccccc2)C(=O)N1CC(O)c1ccccc1. The zero-order valence-electron chi connectivity index (χ0n) is 16.9. The molecule has 2 aromatic rings. The van der Waals surface area contributed by atoms with E-state index in [0.717, 1.165) is 4.90 Å². The fraction of sp³-hybridized carbons (Fsp3) is 0.391. The van der Waals surface area contributed by atoms with Crippen LogP contribution in [-0.4, -0.2) is 50.6 Å². The van der Waals surface area contributed by atoms with Gasteiger partial charge in [0.1, 0.15) is 5.54 Å². The van der Waals surface area contributed by atoms with Crippen LogP contribution in [0.4, 0.5) is 4.79 Å². The Labute approximate surface area is 171 Å². The van der Waals surface area contributed by atoms with Crippen LogP contribution in [0, 0.1) is 0 Å². The summed E-state index contributed by atoms with van der Waals surface area (Å²) in [6.07, 6.45) is -0.986. The van der Waals surface area contributed by atoms with Crippen LogP contribution in [0.1, 0.15) is 50.0 Å². The maximum atomic E-state index is 13.3. The Morgan fingerprint density at radius 1 is 0.793 bits per heavy atom. The van der Waals surface area contributed by atoms with E-state index in [1.54, 1.807) is 36.4 Å². The molecule has 154 valence electrons. The highest BCUT2D eigenvalue weighted by Gasteiger charge is 2.55. The Morgan fingerprint density at radius 2 is 1.24 bits per heavy atom. The van der Waals surface area contributed by atoms with Crippen molar-refractivity contribution in [3.8, 4) is 0 Å². The van der Waals surface area contributed by atoms with Gasteiger partial charge in [0, 0.05) is 0 Å². The van der Waals surface area contributed by atoms with Crippen molar-refractivity contribution in [2.24, 2.45) is 0 Å². The smallest absolute Gasteiger partial charge is 0.327 e. The number of nitrogens with zero attached hydrogens (tertiary/aromatic N) is 2. The summed E-state index contributed by atoms with van der Waals surface area (Å²) in [6, 6.07) is 17.6. The molecule has 29 heavy (non-hydrogen) atoms. The number of aliphatic hydroxyl groups excluding tert-OH is 2. The zero-order valence-corrected chi connectivity index (χ0v) is 16.9. The van der Waals surface area contributed by atoms with Crippen LogP contribution in [0.25, 0.3) is 0 Å². The average molecular weight is 396 g/mol. The number of carbonyl (C=O) groups excluding carboxylic acids is 2. The lowest BCUT2D eigenvalue weighted by Crippen LogP contribution is -2.50. The second-order valence-corrected chi connectivity index (χ2v) is 7.40. The van der Waals surface area contributed by atoms with Gasteiger partial charge in [0.25, 0.3) is 5.91 Å². The Kier molecular flexibility index (Phi) is 6.35. The minimum absolute atomic E-state index is 0.0220. The van der Waals surface area contributed by atoms with E-state index < -0.39 is 23.8 Å². The van der Waals surface area contributed by atoms with E-state index in [9.17, 15) is 19.8 Å². The van der Waals surface area contributed by atoms with Crippen molar-refractivity contribution in [2.75, 3.05) is 13.1 Å². The predicted octanol–water partition coefficient (Wildman–Crippen LogP) is 3.28. The number of hydrogen-bond acceptors (Lipinski definition) is 4. The zero-order chi connectivity index (χ0) is 21.0. The molecule has 0 spiro atoms. The summed E-state index contributed by atoms with van der Waals surface area (Å²) in [6.45, 7) is 3.65. The van der Waals surface area contributed by atoms with E-state index in [4.69, 9.17) is 0 Å². The number of β-amino-alcohol motifs (C(OH)–C–C–N with tert-alkyl or cyclic N) is 2. The van der Waals surface area contributed by atoms with Crippen LogP contribution < -0.4 is 0 Å². The summed E-state index contributed by atoms with van der Waals surface area (Å²) in [5.41, 5.74) is 0.328. The van der Waals surface area contributed by atoms with Gasteiger partial charge in [0.2, 0.25) is 0 Å². The van der Waals surface area contributed by atoms with Gasteiger partial charge in [0.05, 0.1) is 25.3 Å². The van der Waals surface area contributed by atoms with Gasteiger partial charge in [-0.25, -0.2) is 4.79 Å². The second kappa shape index (κ2) is 8.76. The molecule has 1 aliphatic heterocycles. The lowest BCUT2D eigenvalue weighted by atomic mass is 9.90. The standard InChI is InChI=1S/C23H28N2O4/c1-3-23(4-2)21(28)24(15-19(26)17-11-7-5-8-12-17)22(29)25(23)16-20(27)18-13-9-6-10-14-18/h5-14,19-20,26-27H,3-4,15-16H2,1-2H3. The van der Waals surface area contributed by atoms with E-state index in [1.807, 2.05) is 38.1 Å². The van der Waals surface area contributed by atoms with E-state index in [0.29, 0.717) is 24.0 Å². The Balaban J connectivity index is 1.85. The lowest BCUT2D eigenvalue weighted by Gasteiger charge is -2.34. The Bertz CT molecular complexity index is 836. The molecule has 0 aliphatic carbocycles. The van der Waals surface area contributed by atoms with Crippen LogP contribution in [-0.2, 0) is 4.79 Å². The van der Waals surface area contributed by atoms with Gasteiger partial charge in [-0.05, 0) is 24.0 Å². The molecule has 2 aromatic carbocycles. The van der Waals surface area contributed by atoms with Crippen LogP contribution in [0.5, 0.6) is 0 Å². The summed E-state index contributed by atoms with van der Waals surface area (Å²) in [5.74, 6) is -0.317. The normalized spacial score (nSPS) is 18.2. The molecular formula is C23H28N2O4. The summed E-state index contributed by atoms with van der Waals surface area (Å²) < 4.78 is 0. The maximum Gasteiger partial charge on any atom is 0.327 e. The topological polar surface area (TPSA) is 81.1 Å². The Morgan fingerprint density at radius 3 is 1.69 bits per heavy atom. The predicted molar refractivity (Wildman–Crippen MR) is 110 cm³/mol. The number of imide groups is 1. The molecule has 3 amide bonds. The summed E-state index contributed by atoms with van der Waals surface area (Å²) >= 11 is 0. The molecule has 1 heterocycles. The molecule has 0 radical (unpaired) electrons. The molecule has 1 fully saturated rings. The number of benzene rings is 2. The molecule has 2 atom stereocenters. The summed E-state index contributed by atoms with van der Waals surface area (Å²) in [5, 5.41) is 21.2. The number of hydrogen-bond donors (Lipinski definition) is 2. The lowest BCUT2D eigenvalue weighted by molar-refractivity contribution is -0.134. The third kappa shape index (κ3) is 3.91. The van der Waals surface area contributed by atoms with E-state index in [-0.39, 0.29) is 19.0 Å². The molecule has 1 saturated heterocycles. The van der Waals surface area contributed by atoms with Crippen molar-refractivity contribution in [1.29, 1.82) is 0 Å². The molecule has 2 unspecified atom stereocenters. The number of aliphatic hydroxyl groups is 2. The van der Waals surface area contributed by atoms with Crippen LogP contribution in [0.2, 0.25) is 0 Å². The van der Waals surface area contributed by atoms with Crippen molar-refractivity contribution < 1.29 is 19.8 Å². The minimum Gasteiger partial charge on any atom is -0.387 e. The third-order valence-corrected chi connectivity index (χ3v) is 5.87. The van der Waals surface area contributed by atoms with Gasteiger partial charge in [0.15, 0.2) is 0 Å². The van der Waals surface area contributed by atoms with Crippen LogP contribution in [0.15, 0.2) is 60.7 Å². The molecule has 2 N–H and O–H groups in total. The number of rotatable bonds is 8. The van der Waals surface area contributed by atoms with Crippen LogP contribution >= 0.6 is 0 Å². The highest BCUT2D eigenvalue weighted by Crippen LogP contribution is 2.36.